The number of carbonyl (C=O) groups excluding carboxylic acids is 1. The standard InChI is InChI=1S/C17H16O5S/c1-21-14-8-11-9-16(17(18)13(11)10-15(14)22-2)23(19,20)12-6-4-3-5-7-12/h3-8,10,16H,9H2,1-2H3/t16-/m1/s1. The Hall–Kier alpha value is -2.34. The van der Waals surface area contributed by atoms with Crippen LogP contribution in [0.4, 0.5) is 0 Å². The Bertz CT molecular complexity index is 856. The van der Waals surface area contributed by atoms with Gasteiger partial charge >= 0.3 is 0 Å². The Morgan fingerprint density at radius 3 is 2.22 bits per heavy atom. The summed E-state index contributed by atoms with van der Waals surface area (Å²) in [6.45, 7) is 0. The second-order valence-corrected chi connectivity index (χ2v) is 7.41. The van der Waals surface area contributed by atoms with Crippen molar-refractivity contribution >= 4 is 15.6 Å². The Kier molecular flexibility index (Phi) is 3.85. The van der Waals surface area contributed by atoms with Gasteiger partial charge < -0.3 is 9.47 Å². The molecule has 1 aliphatic rings. The summed E-state index contributed by atoms with van der Waals surface area (Å²) in [6.07, 6.45) is 0.145. The number of benzene rings is 2. The molecule has 0 unspecified atom stereocenters. The molecule has 1 aliphatic carbocycles. The van der Waals surface area contributed by atoms with Crippen LogP contribution >= 0.6 is 0 Å². The molecule has 2 aromatic rings. The molecule has 3 rings (SSSR count). The number of ether oxygens (including phenoxy) is 2. The average Bonchev–Trinajstić information content (AvgIpc) is 2.91. The van der Waals surface area contributed by atoms with Crippen LogP contribution in [0.1, 0.15) is 15.9 Å². The van der Waals surface area contributed by atoms with Gasteiger partial charge in [0.2, 0.25) is 0 Å². The molecule has 6 heteroatoms. The molecule has 0 aliphatic heterocycles. The van der Waals surface area contributed by atoms with Gasteiger partial charge in [-0.1, -0.05) is 18.2 Å². The fraction of sp³-hybridized carbons (Fsp3) is 0.235. The van der Waals surface area contributed by atoms with E-state index >= 15 is 0 Å². The molecule has 0 fully saturated rings. The zero-order valence-corrected chi connectivity index (χ0v) is 13.6. The van der Waals surface area contributed by atoms with Gasteiger partial charge in [0, 0.05) is 5.56 Å². The number of methoxy groups -OCH3 is 2. The van der Waals surface area contributed by atoms with Crippen LogP contribution in [0.5, 0.6) is 11.5 Å². The van der Waals surface area contributed by atoms with Crippen molar-refractivity contribution < 1.29 is 22.7 Å². The molecule has 0 heterocycles. The van der Waals surface area contributed by atoms with Gasteiger partial charge in [-0.25, -0.2) is 8.42 Å². The minimum Gasteiger partial charge on any atom is -0.493 e. The first kappa shape index (κ1) is 15.6. The predicted molar refractivity (Wildman–Crippen MR) is 85.0 cm³/mol. The van der Waals surface area contributed by atoms with Crippen molar-refractivity contribution in [3.05, 3.63) is 53.6 Å². The maximum absolute atomic E-state index is 12.7. The third-order valence-corrected chi connectivity index (χ3v) is 6.08. The Morgan fingerprint density at radius 1 is 1.00 bits per heavy atom. The highest BCUT2D eigenvalue weighted by Crippen LogP contribution is 2.37. The van der Waals surface area contributed by atoms with Crippen molar-refractivity contribution in [2.45, 2.75) is 16.6 Å². The lowest BCUT2D eigenvalue weighted by Crippen LogP contribution is -2.27. The quantitative estimate of drug-likeness (QED) is 0.859. The SMILES string of the molecule is COc1cc2c(cc1OC)C(=O)[C@H](S(=O)(=O)c1ccccc1)C2. The molecule has 0 radical (unpaired) electrons. The highest BCUT2D eigenvalue weighted by atomic mass is 32.2. The highest BCUT2D eigenvalue weighted by molar-refractivity contribution is 7.92. The summed E-state index contributed by atoms with van der Waals surface area (Å²) in [6, 6.07) is 11.3. The van der Waals surface area contributed by atoms with Crippen molar-refractivity contribution in [2.75, 3.05) is 14.2 Å². The Labute approximate surface area is 134 Å². The first-order chi connectivity index (χ1) is 11.0. The highest BCUT2D eigenvalue weighted by Gasteiger charge is 2.41. The average molecular weight is 332 g/mol. The van der Waals surface area contributed by atoms with Gasteiger partial charge in [0.25, 0.3) is 0 Å². The lowest BCUT2D eigenvalue weighted by atomic mass is 10.1. The van der Waals surface area contributed by atoms with Crippen LogP contribution < -0.4 is 9.47 Å². The minimum absolute atomic E-state index is 0.145. The molecule has 0 amide bonds. The van der Waals surface area contributed by atoms with Crippen LogP contribution in [0.25, 0.3) is 0 Å². The third-order valence-electron chi connectivity index (χ3n) is 4.02. The van der Waals surface area contributed by atoms with Gasteiger partial charge in [-0.2, -0.15) is 0 Å². The lowest BCUT2D eigenvalue weighted by Gasteiger charge is -2.09. The van der Waals surface area contributed by atoms with E-state index in [0.29, 0.717) is 22.6 Å². The van der Waals surface area contributed by atoms with Gasteiger partial charge in [0.05, 0.1) is 19.1 Å². The summed E-state index contributed by atoms with van der Waals surface area (Å²) in [4.78, 5) is 12.8. The fourth-order valence-electron chi connectivity index (χ4n) is 2.81. The topological polar surface area (TPSA) is 69.7 Å². The Balaban J connectivity index is 2.04. The number of ketones is 1. The molecule has 5 nitrogen and oxygen atoms in total. The predicted octanol–water partition coefficient (Wildman–Crippen LogP) is 2.29. The molecule has 120 valence electrons. The van der Waals surface area contributed by atoms with Crippen LogP contribution in [-0.4, -0.2) is 33.7 Å². The molecule has 0 N–H and O–H groups in total. The number of Topliss-reactive ketones (excluding diaryl/α,β-unsaturated/α-hetero) is 1. The first-order valence-corrected chi connectivity index (χ1v) is 8.61. The summed E-state index contributed by atoms with van der Waals surface area (Å²) >= 11 is 0. The van der Waals surface area contributed by atoms with Gasteiger partial charge in [0.15, 0.2) is 27.1 Å². The number of carbonyl (C=O) groups is 1. The smallest absolute Gasteiger partial charge is 0.189 e. The summed E-state index contributed by atoms with van der Waals surface area (Å²) < 4.78 is 35.9. The number of hydrogen-bond acceptors (Lipinski definition) is 5. The van der Waals surface area contributed by atoms with E-state index in [2.05, 4.69) is 0 Å². The third kappa shape index (κ3) is 2.49. The fourth-order valence-corrected chi connectivity index (χ4v) is 4.48. The molecule has 0 saturated carbocycles. The molecule has 23 heavy (non-hydrogen) atoms. The van der Waals surface area contributed by atoms with E-state index in [1.54, 1.807) is 30.3 Å². The van der Waals surface area contributed by atoms with Crippen molar-refractivity contribution in [1.29, 1.82) is 0 Å². The van der Waals surface area contributed by atoms with Crippen molar-refractivity contribution in [3.63, 3.8) is 0 Å². The van der Waals surface area contributed by atoms with Crippen LogP contribution in [0.15, 0.2) is 47.4 Å². The first-order valence-electron chi connectivity index (χ1n) is 7.07. The van der Waals surface area contributed by atoms with Crippen LogP contribution in [0, 0.1) is 0 Å². The van der Waals surface area contributed by atoms with Crippen molar-refractivity contribution in [3.8, 4) is 11.5 Å². The van der Waals surface area contributed by atoms with E-state index in [4.69, 9.17) is 9.47 Å². The van der Waals surface area contributed by atoms with E-state index < -0.39 is 20.9 Å². The molecule has 0 spiro atoms. The molecular weight excluding hydrogens is 316 g/mol. The largest absolute Gasteiger partial charge is 0.493 e. The van der Waals surface area contributed by atoms with Crippen LogP contribution in [-0.2, 0) is 16.3 Å². The number of hydrogen-bond donors (Lipinski definition) is 0. The minimum atomic E-state index is -3.73. The zero-order valence-electron chi connectivity index (χ0n) is 12.8. The maximum atomic E-state index is 12.7. The van der Waals surface area contributed by atoms with Gasteiger partial charge in [0.1, 0.15) is 5.25 Å². The molecule has 2 aromatic carbocycles. The normalized spacial score (nSPS) is 17.0. The van der Waals surface area contributed by atoms with Gasteiger partial charge in [-0.3, -0.25) is 4.79 Å². The second-order valence-electron chi connectivity index (χ2n) is 5.28. The summed E-state index contributed by atoms with van der Waals surface area (Å²) in [7, 11) is -0.753. The van der Waals surface area contributed by atoms with Gasteiger partial charge in [-0.05, 0) is 36.2 Å². The zero-order chi connectivity index (χ0) is 16.6. The van der Waals surface area contributed by atoms with Crippen LogP contribution in [0.3, 0.4) is 0 Å². The second kappa shape index (κ2) is 5.70. The van der Waals surface area contributed by atoms with E-state index in [1.165, 1.54) is 26.4 Å². The van der Waals surface area contributed by atoms with E-state index in [0.717, 1.165) is 0 Å². The van der Waals surface area contributed by atoms with Gasteiger partial charge in [-0.15, -0.1) is 0 Å². The van der Waals surface area contributed by atoms with Crippen LogP contribution in [0.2, 0.25) is 0 Å². The molecule has 0 bridgehead atoms. The monoisotopic (exact) mass is 332 g/mol. The summed E-state index contributed by atoms with van der Waals surface area (Å²) in [5, 5.41) is -1.10. The van der Waals surface area contributed by atoms with E-state index in [9.17, 15) is 13.2 Å². The number of rotatable bonds is 4. The number of fused-ring (bicyclic) bond motifs is 1. The lowest BCUT2D eigenvalue weighted by molar-refractivity contribution is 0.0997. The Morgan fingerprint density at radius 2 is 1.61 bits per heavy atom. The summed E-state index contributed by atoms with van der Waals surface area (Å²) in [5.41, 5.74) is 1.05. The molecular formula is C17H16O5S. The van der Waals surface area contributed by atoms with E-state index in [1.807, 2.05) is 0 Å². The van der Waals surface area contributed by atoms with Crippen molar-refractivity contribution in [2.24, 2.45) is 0 Å². The molecule has 0 saturated heterocycles. The molecule has 1 atom stereocenters. The maximum Gasteiger partial charge on any atom is 0.189 e. The number of sulfone groups is 1. The summed E-state index contributed by atoms with van der Waals surface area (Å²) in [5.74, 6) is 0.499. The molecule has 0 aromatic heterocycles. The van der Waals surface area contributed by atoms with Crippen molar-refractivity contribution in [1.82, 2.24) is 0 Å². The van der Waals surface area contributed by atoms with E-state index in [-0.39, 0.29) is 11.3 Å².